The van der Waals surface area contributed by atoms with E-state index in [1.54, 1.807) is 25.1 Å². The molecule has 1 aromatic rings. The highest BCUT2D eigenvalue weighted by atomic mass is 32.2. The van der Waals surface area contributed by atoms with Gasteiger partial charge in [-0.3, -0.25) is 4.79 Å². The van der Waals surface area contributed by atoms with Crippen LogP contribution in [0.25, 0.3) is 0 Å². The van der Waals surface area contributed by atoms with E-state index in [0.29, 0.717) is 23.5 Å². The molecule has 0 saturated heterocycles. The van der Waals surface area contributed by atoms with Crippen molar-refractivity contribution in [2.45, 2.75) is 31.9 Å². The van der Waals surface area contributed by atoms with E-state index in [-0.39, 0.29) is 18.1 Å². The molecule has 3 N–H and O–H groups in total. The fourth-order valence-electron chi connectivity index (χ4n) is 1.71. The molecule has 0 spiro atoms. The number of hydrogen-bond donors (Lipinski definition) is 2. The summed E-state index contributed by atoms with van der Waals surface area (Å²) < 4.78 is 28.8. The third kappa shape index (κ3) is 4.93. The summed E-state index contributed by atoms with van der Waals surface area (Å²) in [5.41, 5.74) is 6.61. The Kier molecular flexibility index (Phi) is 6.02. The topological polar surface area (TPSA) is 98.5 Å². The van der Waals surface area contributed by atoms with Crippen LogP contribution in [0, 0.1) is 0 Å². The molecule has 0 aliphatic heterocycles. The van der Waals surface area contributed by atoms with Crippen LogP contribution in [-0.4, -0.2) is 32.4 Å². The maximum atomic E-state index is 11.9. The number of nitrogens with one attached hydrogen (secondary N) is 1. The molecule has 0 aromatic heterocycles. The van der Waals surface area contributed by atoms with Gasteiger partial charge in [0, 0.05) is 18.2 Å². The smallest absolute Gasteiger partial charge is 0.225 e. The number of anilines is 2. The minimum absolute atomic E-state index is 0.0831. The number of sulfone groups is 1. The third-order valence-electron chi connectivity index (χ3n) is 3.30. The minimum atomic E-state index is -3.23. The molecule has 1 unspecified atom stereocenters. The zero-order chi connectivity index (χ0) is 16.0. The number of carbonyl (C=O) groups excluding carboxylic acids is 1. The number of nitrogens with two attached hydrogens (primary N) is 1. The first-order chi connectivity index (χ1) is 9.80. The van der Waals surface area contributed by atoms with Gasteiger partial charge in [0.2, 0.25) is 5.91 Å². The Morgan fingerprint density at radius 2 is 2.10 bits per heavy atom. The van der Waals surface area contributed by atoms with Gasteiger partial charge < -0.3 is 15.8 Å². The van der Waals surface area contributed by atoms with Crippen molar-refractivity contribution in [3.05, 3.63) is 18.2 Å². The maximum Gasteiger partial charge on any atom is 0.225 e. The summed E-state index contributed by atoms with van der Waals surface area (Å²) in [7, 11) is -1.76. The van der Waals surface area contributed by atoms with Crippen LogP contribution in [0.1, 0.15) is 26.7 Å². The molecule has 21 heavy (non-hydrogen) atoms. The number of hydrogen-bond acceptors (Lipinski definition) is 5. The van der Waals surface area contributed by atoms with Crippen molar-refractivity contribution in [1.82, 2.24) is 0 Å². The largest absolute Gasteiger partial charge is 0.494 e. The van der Waals surface area contributed by atoms with Crippen LogP contribution in [0.15, 0.2) is 18.2 Å². The van der Waals surface area contributed by atoms with Gasteiger partial charge in [-0.1, -0.05) is 6.92 Å². The van der Waals surface area contributed by atoms with Gasteiger partial charge >= 0.3 is 0 Å². The van der Waals surface area contributed by atoms with Crippen molar-refractivity contribution in [2.24, 2.45) is 0 Å². The first kappa shape index (κ1) is 17.3. The predicted molar refractivity (Wildman–Crippen MR) is 84.2 cm³/mol. The highest BCUT2D eigenvalue weighted by molar-refractivity contribution is 7.92. The van der Waals surface area contributed by atoms with Gasteiger partial charge in [-0.15, -0.1) is 0 Å². The molecule has 0 aliphatic rings. The predicted octanol–water partition coefficient (Wildman–Crippen LogP) is 1.82. The minimum Gasteiger partial charge on any atom is -0.494 e. The monoisotopic (exact) mass is 314 g/mol. The average molecular weight is 314 g/mol. The van der Waals surface area contributed by atoms with Crippen LogP contribution in [0.2, 0.25) is 0 Å². The fraction of sp³-hybridized carbons (Fsp3) is 0.500. The molecule has 0 fully saturated rings. The van der Waals surface area contributed by atoms with Crippen LogP contribution < -0.4 is 15.8 Å². The Bertz CT molecular complexity index is 599. The molecule has 0 heterocycles. The van der Waals surface area contributed by atoms with Crippen LogP contribution in [0.3, 0.4) is 0 Å². The Morgan fingerprint density at radius 3 is 2.67 bits per heavy atom. The second-order valence-electron chi connectivity index (χ2n) is 4.84. The Hall–Kier alpha value is -1.76. The van der Waals surface area contributed by atoms with Crippen LogP contribution in [0.5, 0.6) is 5.75 Å². The van der Waals surface area contributed by atoms with Crippen molar-refractivity contribution in [1.29, 1.82) is 0 Å². The van der Waals surface area contributed by atoms with Gasteiger partial charge in [-0.05, 0) is 25.5 Å². The molecule has 7 heteroatoms. The van der Waals surface area contributed by atoms with E-state index in [1.165, 1.54) is 7.11 Å². The summed E-state index contributed by atoms with van der Waals surface area (Å²) in [6.45, 7) is 3.46. The number of carbonyl (C=O) groups is 1. The second-order valence-corrected chi connectivity index (χ2v) is 7.38. The summed E-state index contributed by atoms with van der Waals surface area (Å²) in [6, 6.07) is 4.84. The Balaban J connectivity index is 2.67. The molecule has 1 rings (SSSR count). The van der Waals surface area contributed by atoms with Gasteiger partial charge in [0.1, 0.15) is 5.75 Å². The summed E-state index contributed by atoms with van der Waals surface area (Å²) in [5.74, 6) is -0.0939. The number of nitrogen functional groups attached to an aromatic ring is 1. The normalized spacial score (nSPS) is 12.7. The van der Waals surface area contributed by atoms with Gasteiger partial charge in [0.15, 0.2) is 9.84 Å². The van der Waals surface area contributed by atoms with Crippen molar-refractivity contribution in [3.8, 4) is 5.75 Å². The Labute approximate surface area is 125 Å². The molecule has 0 radical (unpaired) electrons. The standard InChI is InChI=1S/C14H22N2O4S/c1-4-10(2)21(18,19)8-7-14(17)16-12-6-5-11(15)9-13(12)20-3/h5-6,9-10H,4,7-8,15H2,1-3H3,(H,16,17). The van der Waals surface area contributed by atoms with E-state index in [2.05, 4.69) is 5.32 Å². The van der Waals surface area contributed by atoms with Crippen molar-refractivity contribution in [2.75, 3.05) is 23.9 Å². The van der Waals surface area contributed by atoms with E-state index < -0.39 is 15.1 Å². The lowest BCUT2D eigenvalue weighted by Gasteiger charge is -2.12. The first-order valence-electron chi connectivity index (χ1n) is 6.75. The lowest BCUT2D eigenvalue weighted by atomic mass is 10.2. The zero-order valence-electron chi connectivity index (χ0n) is 12.5. The number of ether oxygens (including phenoxy) is 1. The first-order valence-corrected chi connectivity index (χ1v) is 8.46. The molecule has 0 aliphatic carbocycles. The fourth-order valence-corrected chi connectivity index (χ4v) is 3.09. The molecule has 0 bridgehead atoms. The highest BCUT2D eigenvalue weighted by Crippen LogP contribution is 2.26. The average Bonchev–Trinajstić information content (AvgIpc) is 2.46. The van der Waals surface area contributed by atoms with E-state index in [0.717, 1.165) is 0 Å². The van der Waals surface area contributed by atoms with E-state index in [4.69, 9.17) is 10.5 Å². The van der Waals surface area contributed by atoms with E-state index in [9.17, 15) is 13.2 Å². The summed E-state index contributed by atoms with van der Waals surface area (Å²) in [4.78, 5) is 11.9. The second kappa shape index (κ2) is 7.31. The number of amides is 1. The van der Waals surface area contributed by atoms with Crippen molar-refractivity contribution in [3.63, 3.8) is 0 Å². The molecule has 0 saturated carbocycles. The van der Waals surface area contributed by atoms with Crippen LogP contribution in [-0.2, 0) is 14.6 Å². The van der Waals surface area contributed by atoms with Gasteiger partial charge in [0.05, 0.1) is 23.8 Å². The van der Waals surface area contributed by atoms with Crippen LogP contribution in [0.4, 0.5) is 11.4 Å². The molecule has 1 atom stereocenters. The Morgan fingerprint density at radius 1 is 1.43 bits per heavy atom. The summed E-state index contributed by atoms with van der Waals surface area (Å²) in [6.07, 6.45) is 0.454. The zero-order valence-corrected chi connectivity index (χ0v) is 13.4. The van der Waals surface area contributed by atoms with E-state index in [1.807, 2.05) is 6.92 Å². The van der Waals surface area contributed by atoms with Crippen molar-refractivity contribution >= 4 is 27.1 Å². The molecular weight excluding hydrogens is 292 g/mol. The summed E-state index contributed by atoms with van der Waals surface area (Å²) in [5, 5.41) is 2.20. The SMILES string of the molecule is CCC(C)S(=O)(=O)CCC(=O)Nc1ccc(N)cc1OC. The molecule has 1 aromatic carbocycles. The quantitative estimate of drug-likeness (QED) is 0.748. The molecule has 118 valence electrons. The molecule has 6 nitrogen and oxygen atoms in total. The van der Waals surface area contributed by atoms with Gasteiger partial charge in [0.25, 0.3) is 0 Å². The van der Waals surface area contributed by atoms with E-state index >= 15 is 0 Å². The van der Waals surface area contributed by atoms with Gasteiger partial charge in [-0.25, -0.2) is 8.42 Å². The number of methoxy groups -OCH3 is 1. The van der Waals surface area contributed by atoms with Crippen LogP contribution >= 0.6 is 0 Å². The number of rotatable bonds is 7. The molecular formula is C14H22N2O4S. The lowest BCUT2D eigenvalue weighted by molar-refractivity contribution is -0.115. The summed E-state index contributed by atoms with van der Waals surface area (Å²) >= 11 is 0. The van der Waals surface area contributed by atoms with Gasteiger partial charge in [-0.2, -0.15) is 0 Å². The molecule has 1 amide bonds. The number of benzene rings is 1. The maximum absolute atomic E-state index is 11.9. The lowest BCUT2D eigenvalue weighted by Crippen LogP contribution is -2.24. The highest BCUT2D eigenvalue weighted by Gasteiger charge is 2.20. The third-order valence-corrected chi connectivity index (χ3v) is 5.63. The van der Waals surface area contributed by atoms with Crippen molar-refractivity contribution < 1.29 is 17.9 Å².